The molecule has 2 aromatic carbocycles. The van der Waals surface area contributed by atoms with Gasteiger partial charge in [-0.1, -0.05) is 72.7 Å². The number of fused-ring (bicyclic) bond motifs is 5. The van der Waals surface area contributed by atoms with Crippen LogP contribution in [-0.2, 0) is 23.3 Å². The van der Waals surface area contributed by atoms with Gasteiger partial charge in [-0.05, 0) is 52.7 Å². The molecule has 0 saturated carbocycles. The van der Waals surface area contributed by atoms with Crippen LogP contribution >= 0.6 is 0 Å². The zero-order valence-electron chi connectivity index (χ0n) is 21.8. The van der Waals surface area contributed by atoms with E-state index in [0.29, 0.717) is 0 Å². The van der Waals surface area contributed by atoms with Gasteiger partial charge in [-0.25, -0.2) is 4.57 Å². The first-order valence-electron chi connectivity index (χ1n) is 12.3. The molecule has 0 aliphatic heterocycles. The maximum absolute atomic E-state index is 6.91. The van der Waals surface area contributed by atoms with E-state index < -0.39 is 0 Å². The summed E-state index contributed by atoms with van der Waals surface area (Å²) >= 11 is 0. The van der Waals surface area contributed by atoms with Crippen molar-refractivity contribution in [3.63, 3.8) is 0 Å². The molecule has 33 heavy (non-hydrogen) atoms. The topological polar surface area (TPSA) is 17.0 Å². The number of rotatable bonds is 1. The Morgan fingerprint density at radius 2 is 1.48 bits per heavy atom. The van der Waals surface area contributed by atoms with Gasteiger partial charge in [0.15, 0.2) is 6.20 Å². The third-order valence-electron chi connectivity index (χ3n) is 8.07. The first kappa shape index (κ1) is 22.2. The first-order valence-corrected chi connectivity index (χ1v) is 12.3. The van der Waals surface area contributed by atoms with Crippen LogP contribution < -0.4 is 4.57 Å². The molecular weight excluding hydrogens is 402 g/mol. The fraction of sp³-hybridized carbons (Fsp3) is 0.452. The summed E-state index contributed by atoms with van der Waals surface area (Å²) in [5.41, 5.74) is 10.3. The van der Waals surface area contributed by atoms with Gasteiger partial charge in [-0.2, -0.15) is 0 Å². The van der Waals surface area contributed by atoms with Crippen molar-refractivity contribution in [2.45, 2.75) is 84.5 Å². The minimum absolute atomic E-state index is 0.0906. The fourth-order valence-corrected chi connectivity index (χ4v) is 5.73. The maximum atomic E-state index is 6.91. The minimum Gasteiger partial charge on any atom is -0.455 e. The summed E-state index contributed by atoms with van der Waals surface area (Å²) in [4.78, 5) is 0. The van der Waals surface area contributed by atoms with E-state index in [-0.39, 0.29) is 16.2 Å². The lowest BCUT2D eigenvalue weighted by Crippen LogP contribution is -2.33. The largest absolute Gasteiger partial charge is 0.455 e. The van der Waals surface area contributed by atoms with E-state index in [2.05, 4.69) is 110 Å². The second-order valence-corrected chi connectivity index (χ2v) is 12.5. The van der Waals surface area contributed by atoms with Crippen molar-refractivity contribution in [3.05, 3.63) is 64.8 Å². The Kier molecular flexibility index (Phi) is 4.67. The van der Waals surface area contributed by atoms with Gasteiger partial charge in [0.1, 0.15) is 18.2 Å². The number of aromatic nitrogens is 1. The van der Waals surface area contributed by atoms with Crippen molar-refractivity contribution in [1.29, 1.82) is 0 Å². The van der Waals surface area contributed by atoms with Crippen molar-refractivity contribution in [2.75, 3.05) is 0 Å². The van der Waals surface area contributed by atoms with E-state index in [4.69, 9.17) is 4.42 Å². The van der Waals surface area contributed by atoms with Gasteiger partial charge >= 0.3 is 0 Å². The first-order chi connectivity index (χ1) is 15.3. The van der Waals surface area contributed by atoms with Crippen LogP contribution in [0.25, 0.3) is 33.2 Å². The van der Waals surface area contributed by atoms with E-state index >= 15 is 0 Å². The second-order valence-electron chi connectivity index (χ2n) is 12.5. The van der Waals surface area contributed by atoms with Crippen LogP contribution in [0.3, 0.4) is 0 Å². The average Bonchev–Trinajstić information content (AvgIpc) is 3.09. The number of benzene rings is 2. The summed E-state index contributed by atoms with van der Waals surface area (Å²) in [6, 6.07) is 13.8. The molecule has 2 heterocycles. The summed E-state index contributed by atoms with van der Waals surface area (Å²) in [6.07, 6.45) is 4.57. The molecule has 0 bridgehead atoms. The highest BCUT2D eigenvalue weighted by Gasteiger charge is 2.39. The lowest BCUT2D eigenvalue weighted by Gasteiger charge is -2.41. The molecule has 0 unspecified atom stereocenters. The van der Waals surface area contributed by atoms with E-state index in [0.717, 1.165) is 11.2 Å². The maximum Gasteiger partial charge on any atom is 0.216 e. The molecule has 0 fully saturated rings. The standard InChI is InChI=1S/C31H38NO/c1-19-10-11-21-22-12-13-23-26(31(7,8)16-15-30(23,5)6)28(22)33-27(21)25(19)24-18-20(29(2,3)4)14-17-32(24)9/h10-14,17-18H,15-16H2,1-9H3/q+1. The van der Waals surface area contributed by atoms with Gasteiger partial charge in [0, 0.05) is 28.5 Å². The van der Waals surface area contributed by atoms with Crippen LogP contribution in [0.5, 0.6) is 0 Å². The molecule has 0 amide bonds. The van der Waals surface area contributed by atoms with Gasteiger partial charge in [-0.3, -0.25) is 0 Å². The predicted molar refractivity (Wildman–Crippen MR) is 139 cm³/mol. The van der Waals surface area contributed by atoms with Crippen LogP contribution in [0.4, 0.5) is 0 Å². The smallest absolute Gasteiger partial charge is 0.216 e. The normalized spacial score (nSPS) is 17.5. The van der Waals surface area contributed by atoms with Crippen molar-refractivity contribution in [2.24, 2.45) is 7.05 Å². The second kappa shape index (κ2) is 6.95. The Labute approximate surface area is 198 Å². The molecule has 2 heteroatoms. The van der Waals surface area contributed by atoms with E-state index in [9.17, 15) is 0 Å². The number of aryl methyl sites for hydroxylation is 2. The Balaban J connectivity index is 1.88. The summed E-state index contributed by atoms with van der Waals surface area (Å²) in [7, 11) is 2.14. The third kappa shape index (κ3) is 3.33. The molecule has 0 saturated heterocycles. The quantitative estimate of drug-likeness (QED) is 0.274. The number of furan rings is 1. The van der Waals surface area contributed by atoms with Crippen LogP contribution in [0.1, 0.15) is 83.6 Å². The van der Waals surface area contributed by atoms with Gasteiger partial charge in [0.2, 0.25) is 5.69 Å². The summed E-state index contributed by atoms with van der Waals surface area (Å²) in [5.74, 6) is 0. The molecule has 4 aromatic rings. The Bertz CT molecular complexity index is 1410. The van der Waals surface area contributed by atoms with Gasteiger partial charge in [0.25, 0.3) is 0 Å². The van der Waals surface area contributed by atoms with Gasteiger partial charge in [0.05, 0.1) is 5.56 Å². The molecule has 172 valence electrons. The molecule has 0 N–H and O–H groups in total. The fourth-order valence-electron chi connectivity index (χ4n) is 5.73. The number of hydrogen-bond acceptors (Lipinski definition) is 1. The Morgan fingerprint density at radius 1 is 0.848 bits per heavy atom. The lowest BCUT2D eigenvalue weighted by molar-refractivity contribution is -0.660. The number of nitrogens with zero attached hydrogens (tertiary/aromatic N) is 1. The van der Waals surface area contributed by atoms with E-state index in [1.54, 1.807) is 0 Å². The SMILES string of the molecule is Cc1ccc2c(oc3c4c(ccc32)C(C)(C)CCC4(C)C)c1-c1cc(C(C)(C)C)cc[n+]1C. The van der Waals surface area contributed by atoms with Crippen LogP contribution in [0.2, 0.25) is 0 Å². The molecular formula is C31H38NO+. The van der Waals surface area contributed by atoms with Crippen molar-refractivity contribution in [3.8, 4) is 11.3 Å². The highest BCUT2D eigenvalue weighted by molar-refractivity contribution is 6.11. The third-order valence-corrected chi connectivity index (χ3v) is 8.07. The zero-order valence-corrected chi connectivity index (χ0v) is 21.8. The van der Waals surface area contributed by atoms with Gasteiger partial charge < -0.3 is 4.42 Å². The monoisotopic (exact) mass is 440 g/mol. The predicted octanol–water partition coefficient (Wildman–Crippen LogP) is 8.03. The number of pyridine rings is 1. The Morgan fingerprint density at radius 3 is 2.18 bits per heavy atom. The number of hydrogen-bond donors (Lipinski definition) is 0. The highest BCUT2D eigenvalue weighted by Crippen LogP contribution is 2.50. The molecule has 2 aromatic heterocycles. The Hall–Kier alpha value is -2.61. The van der Waals surface area contributed by atoms with E-state index in [1.807, 2.05) is 0 Å². The summed E-state index contributed by atoms with van der Waals surface area (Å²) in [5, 5.41) is 2.46. The van der Waals surface area contributed by atoms with Crippen molar-refractivity contribution < 1.29 is 8.98 Å². The van der Waals surface area contributed by atoms with Crippen molar-refractivity contribution in [1.82, 2.24) is 0 Å². The van der Waals surface area contributed by atoms with Crippen LogP contribution in [0, 0.1) is 6.92 Å². The highest BCUT2D eigenvalue weighted by atomic mass is 16.3. The minimum atomic E-state index is 0.0906. The van der Waals surface area contributed by atoms with E-state index in [1.165, 1.54) is 57.1 Å². The zero-order chi connectivity index (χ0) is 23.9. The molecule has 0 spiro atoms. The summed E-state index contributed by atoms with van der Waals surface area (Å²) < 4.78 is 9.14. The van der Waals surface area contributed by atoms with Crippen LogP contribution in [0.15, 0.2) is 47.0 Å². The molecule has 2 nitrogen and oxygen atoms in total. The summed E-state index contributed by atoms with van der Waals surface area (Å²) in [6.45, 7) is 18.5. The molecule has 0 atom stereocenters. The lowest BCUT2D eigenvalue weighted by atomic mass is 9.63. The van der Waals surface area contributed by atoms with Crippen LogP contribution in [-0.4, -0.2) is 0 Å². The molecule has 5 rings (SSSR count). The molecule has 0 radical (unpaired) electrons. The van der Waals surface area contributed by atoms with Crippen molar-refractivity contribution >= 4 is 21.9 Å². The molecule has 1 aliphatic carbocycles. The van der Waals surface area contributed by atoms with Gasteiger partial charge in [-0.15, -0.1) is 0 Å². The average molecular weight is 441 g/mol. The molecule has 1 aliphatic rings.